The molecule has 1 amide bonds. The number of amides is 1. The maximum atomic E-state index is 12.9. The van der Waals surface area contributed by atoms with Crippen molar-refractivity contribution in [2.24, 2.45) is 5.92 Å². The van der Waals surface area contributed by atoms with Crippen molar-refractivity contribution in [1.29, 1.82) is 0 Å². The van der Waals surface area contributed by atoms with Crippen LogP contribution in [0.3, 0.4) is 0 Å². The number of carbonyl (C=O) groups excluding carboxylic acids is 1. The molecule has 1 saturated heterocycles. The van der Waals surface area contributed by atoms with Crippen LogP contribution in [0, 0.1) is 5.92 Å². The van der Waals surface area contributed by atoms with Gasteiger partial charge in [-0.25, -0.2) is 13.4 Å². The third-order valence-electron chi connectivity index (χ3n) is 4.83. The molecule has 1 aliphatic rings. The van der Waals surface area contributed by atoms with Gasteiger partial charge in [0.1, 0.15) is 0 Å². The van der Waals surface area contributed by atoms with E-state index in [0.29, 0.717) is 24.5 Å². The Hall–Kier alpha value is -2.62. The Kier molecular flexibility index (Phi) is 5.70. The molecule has 2 aromatic heterocycles. The first-order valence-corrected chi connectivity index (χ1v) is 11.6. The van der Waals surface area contributed by atoms with Crippen molar-refractivity contribution in [2.45, 2.75) is 17.7 Å². The number of anilines is 1. The van der Waals surface area contributed by atoms with Crippen molar-refractivity contribution in [3.05, 3.63) is 60.2 Å². The summed E-state index contributed by atoms with van der Waals surface area (Å²) in [6.45, 7) is 0.591. The number of sulfonamides is 1. The summed E-state index contributed by atoms with van der Waals surface area (Å²) in [7, 11) is -3.60. The Labute approximate surface area is 173 Å². The van der Waals surface area contributed by atoms with Crippen LogP contribution in [0.5, 0.6) is 0 Å². The Morgan fingerprint density at radius 3 is 2.76 bits per heavy atom. The van der Waals surface area contributed by atoms with Crippen LogP contribution in [0.25, 0.3) is 11.3 Å². The molecule has 1 fully saturated rings. The van der Waals surface area contributed by atoms with Gasteiger partial charge in [0.05, 0.1) is 16.5 Å². The van der Waals surface area contributed by atoms with Gasteiger partial charge >= 0.3 is 0 Å². The lowest BCUT2D eigenvalue weighted by Gasteiger charge is -2.31. The van der Waals surface area contributed by atoms with Crippen LogP contribution in [-0.4, -0.2) is 41.7 Å². The predicted octanol–water partition coefficient (Wildman–Crippen LogP) is 3.24. The molecule has 0 radical (unpaired) electrons. The highest BCUT2D eigenvalue weighted by atomic mass is 32.2. The van der Waals surface area contributed by atoms with Crippen molar-refractivity contribution in [3.63, 3.8) is 0 Å². The van der Waals surface area contributed by atoms with Crippen molar-refractivity contribution < 1.29 is 13.2 Å². The Balaban J connectivity index is 1.44. The second-order valence-electron chi connectivity index (χ2n) is 6.78. The maximum absolute atomic E-state index is 12.9. The Morgan fingerprint density at radius 1 is 1.17 bits per heavy atom. The predicted molar refractivity (Wildman–Crippen MR) is 112 cm³/mol. The SMILES string of the molecule is O=C(Nc1nc(-c2cccnc2)cs1)C1CCCN(S(=O)(=O)c2ccccc2)C1. The molecule has 0 bridgehead atoms. The molecule has 4 rings (SSSR count). The van der Waals surface area contributed by atoms with Crippen LogP contribution in [-0.2, 0) is 14.8 Å². The lowest BCUT2D eigenvalue weighted by Crippen LogP contribution is -2.43. The molecule has 1 aliphatic heterocycles. The Morgan fingerprint density at radius 2 is 2.00 bits per heavy atom. The molecule has 7 nitrogen and oxygen atoms in total. The fourth-order valence-electron chi connectivity index (χ4n) is 3.30. The van der Waals surface area contributed by atoms with E-state index in [9.17, 15) is 13.2 Å². The summed E-state index contributed by atoms with van der Waals surface area (Å²) >= 11 is 1.34. The average Bonchev–Trinajstić information content (AvgIpc) is 3.23. The first-order chi connectivity index (χ1) is 14.0. The summed E-state index contributed by atoms with van der Waals surface area (Å²) in [4.78, 5) is 21.5. The highest BCUT2D eigenvalue weighted by molar-refractivity contribution is 7.89. The van der Waals surface area contributed by atoms with E-state index in [1.165, 1.54) is 15.6 Å². The molecule has 3 aromatic rings. The van der Waals surface area contributed by atoms with Crippen LogP contribution in [0.15, 0.2) is 65.1 Å². The van der Waals surface area contributed by atoms with Crippen molar-refractivity contribution in [2.75, 3.05) is 18.4 Å². The molecule has 1 N–H and O–H groups in total. The van der Waals surface area contributed by atoms with E-state index in [0.717, 1.165) is 11.3 Å². The molecule has 3 heterocycles. The lowest BCUT2D eigenvalue weighted by molar-refractivity contribution is -0.120. The number of pyridine rings is 1. The molecule has 1 atom stereocenters. The number of carbonyl (C=O) groups is 1. The average molecular weight is 429 g/mol. The molecular formula is C20H20N4O3S2. The number of hydrogen-bond donors (Lipinski definition) is 1. The van der Waals surface area contributed by atoms with Gasteiger partial charge in [-0.15, -0.1) is 11.3 Å². The summed E-state index contributed by atoms with van der Waals surface area (Å²) < 4.78 is 27.1. The Bertz CT molecular complexity index is 1090. The monoisotopic (exact) mass is 428 g/mol. The largest absolute Gasteiger partial charge is 0.302 e. The minimum atomic E-state index is -3.60. The standard InChI is InChI=1S/C20H20N4O3S2/c25-19(23-20-22-18(14-28-20)15-6-4-10-21-12-15)16-7-5-11-24(13-16)29(26,27)17-8-2-1-3-9-17/h1-4,6,8-10,12,14,16H,5,7,11,13H2,(H,22,23,25). The molecule has 9 heteroatoms. The van der Waals surface area contributed by atoms with E-state index in [1.54, 1.807) is 42.7 Å². The number of piperidine rings is 1. The fourth-order valence-corrected chi connectivity index (χ4v) is 5.57. The van der Waals surface area contributed by atoms with Gasteiger partial charge in [-0.2, -0.15) is 4.31 Å². The summed E-state index contributed by atoms with van der Waals surface area (Å²) in [5.41, 5.74) is 1.62. The van der Waals surface area contributed by atoms with Gasteiger partial charge in [-0.05, 0) is 37.1 Å². The third kappa shape index (κ3) is 4.36. The molecule has 150 valence electrons. The zero-order valence-corrected chi connectivity index (χ0v) is 17.2. The van der Waals surface area contributed by atoms with Crippen LogP contribution < -0.4 is 5.32 Å². The van der Waals surface area contributed by atoms with E-state index in [-0.39, 0.29) is 17.3 Å². The molecular weight excluding hydrogens is 408 g/mol. The van der Waals surface area contributed by atoms with Crippen LogP contribution in [0.2, 0.25) is 0 Å². The second-order valence-corrected chi connectivity index (χ2v) is 9.58. The highest BCUT2D eigenvalue weighted by Gasteiger charge is 2.33. The van der Waals surface area contributed by atoms with Crippen LogP contribution in [0.4, 0.5) is 5.13 Å². The molecule has 0 spiro atoms. The van der Waals surface area contributed by atoms with Gasteiger partial charge in [0.25, 0.3) is 0 Å². The smallest absolute Gasteiger partial charge is 0.243 e. The van der Waals surface area contributed by atoms with Crippen molar-refractivity contribution >= 4 is 32.4 Å². The van der Waals surface area contributed by atoms with E-state index < -0.39 is 15.9 Å². The first-order valence-electron chi connectivity index (χ1n) is 9.26. The number of rotatable bonds is 5. The minimum absolute atomic E-state index is 0.171. The molecule has 29 heavy (non-hydrogen) atoms. The van der Waals surface area contributed by atoms with E-state index in [2.05, 4.69) is 15.3 Å². The van der Waals surface area contributed by atoms with Gasteiger partial charge in [0, 0.05) is 36.4 Å². The van der Waals surface area contributed by atoms with E-state index in [4.69, 9.17) is 0 Å². The fraction of sp³-hybridized carbons (Fsp3) is 0.250. The van der Waals surface area contributed by atoms with Crippen molar-refractivity contribution in [1.82, 2.24) is 14.3 Å². The number of hydrogen-bond acceptors (Lipinski definition) is 6. The van der Waals surface area contributed by atoms with E-state index in [1.807, 2.05) is 17.5 Å². The molecule has 0 aliphatic carbocycles. The summed E-state index contributed by atoms with van der Waals surface area (Å²) in [5, 5.41) is 5.20. The number of thiazole rings is 1. The van der Waals surface area contributed by atoms with Gasteiger partial charge in [-0.3, -0.25) is 9.78 Å². The number of nitrogens with one attached hydrogen (secondary N) is 1. The van der Waals surface area contributed by atoms with Gasteiger partial charge < -0.3 is 5.32 Å². The van der Waals surface area contributed by atoms with Gasteiger partial charge in [0.2, 0.25) is 15.9 Å². The van der Waals surface area contributed by atoms with Crippen LogP contribution in [0.1, 0.15) is 12.8 Å². The topological polar surface area (TPSA) is 92.3 Å². The third-order valence-corrected chi connectivity index (χ3v) is 7.46. The van der Waals surface area contributed by atoms with Crippen LogP contribution >= 0.6 is 11.3 Å². The molecule has 1 unspecified atom stereocenters. The number of nitrogens with zero attached hydrogens (tertiary/aromatic N) is 3. The maximum Gasteiger partial charge on any atom is 0.243 e. The number of benzene rings is 1. The van der Waals surface area contributed by atoms with E-state index >= 15 is 0 Å². The zero-order valence-electron chi connectivity index (χ0n) is 15.6. The first kappa shape index (κ1) is 19.7. The summed E-state index contributed by atoms with van der Waals surface area (Å²) in [6, 6.07) is 12.1. The molecule has 0 saturated carbocycles. The van der Waals surface area contributed by atoms with Crippen molar-refractivity contribution in [3.8, 4) is 11.3 Å². The summed E-state index contributed by atoms with van der Waals surface area (Å²) in [6.07, 6.45) is 4.70. The molecule has 1 aromatic carbocycles. The number of aromatic nitrogens is 2. The zero-order chi connectivity index (χ0) is 20.3. The lowest BCUT2D eigenvalue weighted by atomic mass is 9.99. The minimum Gasteiger partial charge on any atom is -0.302 e. The quantitative estimate of drug-likeness (QED) is 0.673. The normalized spacial score (nSPS) is 17.7. The van der Waals surface area contributed by atoms with Gasteiger partial charge in [-0.1, -0.05) is 18.2 Å². The second kappa shape index (κ2) is 8.40. The highest BCUT2D eigenvalue weighted by Crippen LogP contribution is 2.27. The van der Waals surface area contributed by atoms with Gasteiger partial charge in [0.15, 0.2) is 5.13 Å². The summed E-state index contributed by atoms with van der Waals surface area (Å²) in [5.74, 6) is -0.613.